The molecule has 39 heavy (non-hydrogen) atoms. The Labute approximate surface area is 230 Å². The average Bonchev–Trinajstić information content (AvgIpc) is 2.86. The van der Waals surface area contributed by atoms with Crippen molar-refractivity contribution < 1.29 is 13.2 Å². The number of aryl methyl sites for hydroxylation is 2. The quantitative estimate of drug-likeness (QED) is 0.290. The van der Waals surface area contributed by atoms with E-state index in [9.17, 15) is 8.42 Å². The Bertz CT molecular complexity index is 1610. The Morgan fingerprint density at radius 2 is 1.54 bits per heavy atom. The highest BCUT2D eigenvalue weighted by atomic mass is 32.2. The van der Waals surface area contributed by atoms with Gasteiger partial charge < -0.3 is 10.1 Å². The van der Waals surface area contributed by atoms with Gasteiger partial charge in [0, 0.05) is 17.3 Å². The van der Waals surface area contributed by atoms with Gasteiger partial charge in [-0.15, -0.1) is 0 Å². The first kappa shape index (κ1) is 26.7. The molecular weight excluding hydrogens is 508 g/mol. The first-order chi connectivity index (χ1) is 18.4. The second-order valence-corrected chi connectivity index (χ2v) is 12.8. The van der Waals surface area contributed by atoms with Crippen LogP contribution < -0.4 is 14.8 Å². The van der Waals surface area contributed by atoms with Crippen LogP contribution in [0.5, 0.6) is 5.88 Å². The van der Waals surface area contributed by atoms with Crippen molar-refractivity contribution in [3.8, 4) is 17.1 Å². The fraction of sp³-hybridized carbons (Fsp3) is 0.290. The van der Waals surface area contributed by atoms with E-state index in [0.29, 0.717) is 11.4 Å². The summed E-state index contributed by atoms with van der Waals surface area (Å²) in [6.07, 6.45) is -0.424. The van der Waals surface area contributed by atoms with Crippen LogP contribution in [0, 0.1) is 13.8 Å². The van der Waals surface area contributed by atoms with Crippen LogP contribution in [0.3, 0.4) is 0 Å². The highest BCUT2D eigenvalue weighted by Crippen LogP contribution is 2.34. The van der Waals surface area contributed by atoms with Gasteiger partial charge in [-0.05, 0) is 66.6 Å². The molecule has 0 spiro atoms. The number of anilines is 2. The molecule has 2 N–H and O–H groups in total. The van der Waals surface area contributed by atoms with Crippen LogP contribution in [-0.4, -0.2) is 24.4 Å². The highest BCUT2D eigenvalue weighted by molar-refractivity contribution is 7.92. The maximum absolute atomic E-state index is 13.3. The molecule has 4 bridgehead atoms. The molecule has 0 aliphatic carbocycles. The molecule has 1 aromatic heterocycles. The van der Waals surface area contributed by atoms with Crippen LogP contribution in [0.25, 0.3) is 11.3 Å². The molecule has 0 saturated carbocycles. The lowest BCUT2D eigenvalue weighted by Gasteiger charge is -2.28. The van der Waals surface area contributed by atoms with Gasteiger partial charge in [0.1, 0.15) is 6.10 Å². The van der Waals surface area contributed by atoms with Gasteiger partial charge >= 0.3 is 0 Å². The smallest absolute Gasteiger partial charge is 0.264 e. The van der Waals surface area contributed by atoms with Crippen molar-refractivity contribution in [2.75, 3.05) is 10.0 Å². The molecule has 202 valence electrons. The number of nitrogens with one attached hydrogen (secondary N) is 2. The lowest BCUT2D eigenvalue weighted by atomic mass is 9.86. The van der Waals surface area contributed by atoms with E-state index in [1.165, 1.54) is 5.56 Å². The molecule has 2 atom stereocenters. The molecule has 8 heteroatoms. The summed E-state index contributed by atoms with van der Waals surface area (Å²) in [7, 11) is -3.94. The Hall–Kier alpha value is -3.91. The summed E-state index contributed by atoms with van der Waals surface area (Å²) in [5, 5.41) is 3.44. The standard InChI is InChI=1S/C31H34N4O3S/c1-19-9-7-10-20(2)28(19)26-18-27-34-30(33-26)35-39(36,37)25-12-8-11-24(17-25)32-21(3)29(38-27)22-13-15-23(16-14-22)31(4,5)6/h7-18,21,29,32H,1-6H3,(H,33,34,35)/t21-,29-/m1/s1. The van der Waals surface area contributed by atoms with Gasteiger partial charge in [0.25, 0.3) is 10.0 Å². The number of aromatic nitrogens is 2. The maximum atomic E-state index is 13.3. The maximum Gasteiger partial charge on any atom is 0.264 e. The predicted octanol–water partition coefficient (Wildman–Crippen LogP) is 6.79. The Kier molecular flexibility index (Phi) is 6.84. The van der Waals surface area contributed by atoms with Gasteiger partial charge in [-0.2, -0.15) is 4.98 Å². The minimum atomic E-state index is -3.94. The molecule has 0 unspecified atom stereocenters. The number of nitrogens with zero attached hydrogens (tertiary/aromatic N) is 2. The summed E-state index contributed by atoms with van der Waals surface area (Å²) in [4.78, 5) is 9.24. The first-order valence-electron chi connectivity index (χ1n) is 13.0. The van der Waals surface area contributed by atoms with E-state index < -0.39 is 16.1 Å². The van der Waals surface area contributed by atoms with Crippen molar-refractivity contribution in [3.63, 3.8) is 0 Å². The average molecular weight is 543 g/mol. The van der Waals surface area contributed by atoms with Crippen molar-refractivity contribution >= 4 is 21.7 Å². The number of hydrogen-bond donors (Lipinski definition) is 2. The molecule has 5 rings (SSSR count). The van der Waals surface area contributed by atoms with E-state index in [-0.39, 0.29) is 28.2 Å². The van der Waals surface area contributed by atoms with Gasteiger partial charge in [0.15, 0.2) is 0 Å². The summed E-state index contributed by atoms with van der Waals surface area (Å²) in [6.45, 7) is 12.6. The second kappa shape index (κ2) is 10.0. The zero-order valence-corrected chi connectivity index (χ0v) is 23.9. The zero-order chi connectivity index (χ0) is 27.9. The lowest BCUT2D eigenvalue weighted by Crippen LogP contribution is -2.29. The molecule has 2 heterocycles. The fourth-order valence-corrected chi connectivity index (χ4v) is 5.90. The van der Waals surface area contributed by atoms with Gasteiger partial charge in [-0.1, -0.05) is 69.3 Å². The van der Waals surface area contributed by atoms with Gasteiger partial charge in [0.05, 0.1) is 16.6 Å². The van der Waals surface area contributed by atoms with Crippen molar-refractivity contribution in [3.05, 3.63) is 95.1 Å². The highest BCUT2D eigenvalue weighted by Gasteiger charge is 2.27. The molecule has 0 saturated heterocycles. The fourth-order valence-electron chi connectivity index (χ4n) is 4.91. The van der Waals surface area contributed by atoms with E-state index in [2.05, 4.69) is 65.0 Å². The summed E-state index contributed by atoms with van der Waals surface area (Å²) in [5.74, 6) is 0.238. The number of hydrogen-bond acceptors (Lipinski definition) is 6. The van der Waals surface area contributed by atoms with Crippen molar-refractivity contribution in [2.24, 2.45) is 0 Å². The molecule has 7 nitrogen and oxygen atoms in total. The molecule has 4 aromatic rings. The van der Waals surface area contributed by atoms with Crippen LogP contribution >= 0.6 is 0 Å². The van der Waals surface area contributed by atoms with E-state index in [4.69, 9.17) is 4.74 Å². The number of fused-ring (bicyclic) bond motifs is 4. The molecule has 3 aromatic carbocycles. The zero-order valence-electron chi connectivity index (χ0n) is 23.1. The Morgan fingerprint density at radius 3 is 2.21 bits per heavy atom. The van der Waals surface area contributed by atoms with Gasteiger partial charge in [0.2, 0.25) is 11.8 Å². The SMILES string of the molecule is Cc1cccc(C)c1-c1cc2nc(n1)NS(=O)(=O)c1cccc(c1)N[C@H](C)[C@H](c1ccc(C(C)(C)C)cc1)O2. The minimum absolute atomic E-state index is 0.0230. The predicted molar refractivity (Wildman–Crippen MR) is 156 cm³/mol. The van der Waals surface area contributed by atoms with E-state index in [1.807, 2.05) is 45.0 Å². The summed E-state index contributed by atoms with van der Waals surface area (Å²) < 4.78 is 35.7. The Morgan fingerprint density at radius 1 is 0.872 bits per heavy atom. The van der Waals surface area contributed by atoms with Crippen molar-refractivity contribution in [2.45, 2.75) is 64.0 Å². The van der Waals surface area contributed by atoms with E-state index >= 15 is 0 Å². The Balaban J connectivity index is 1.68. The number of benzene rings is 3. The molecular formula is C31H34N4O3S. The van der Waals surface area contributed by atoms with E-state index in [1.54, 1.807) is 24.3 Å². The van der Waals surface area contributed by atoms with Crippen LogP contribution in [0.15, 0.2) is 77.7 Å². The third-order valence-electron chi connectivity index (χ3n) is 7.01. The molecule has 0 radical (unpaired) electrons. The van der Waals surface area contributed by atoms with Crippen molar-refractivity contribution in [1.82, 2.24) is 9.97 Å². The van der Waals surface area contributed by atoms with E-state index in [0.717, 1.165) is 22.3 Å². The van der Waals surface area contributed by atoms with Crippen molar-refractivity contribution in [1.29, 1.82) is 0 Å². The van der Waals surface area contributed by atoms with Crippen LogP contribution in [0.4, 0.5) is 11.6 Å². The molecule has 0 fully saturated rings. The second-order valence-electron chi connectivity index (χ2n) is 11.2. The summed E-state index contributed by atoms with van der Waals surface area (Å²) in [6, 6.07) is 22.7. The molecule has 1 aliphatic rings. The number of ether oxygens (including phenoxy) is 1. The van der Waals surface area contributed by atoms with Gasteiger partial charge in [-0.25, -0.2) is 18.1 Å². The summed E-state index contributed by atoms with van der Waals surface area (Å²) >= 11 is 0. The van der Waals surface area contributed by atoms with Crippen LogP contribution in [0.1, 0.15) is 56.1 Å². The first-order valence-corrected chi connectivity index (χ1v) is 14.5. The number of sulfonamides is 1. The third-order valence-corrected chi connectivity index (χ3v) is 8.34. The lowest BCUT2D eigenvalue weighted by molar-refractivity contribution is 0.180. The monoisotopic (exact) mass is 542 g/mol. The third kappa shape index (κ3) is 5.61. The topological polar surface area (TPSA) is 93.2 Å². The van der Waals surface area contributed by atoms with Gasteiger partial charge in [-0.3, -0.25) is 0 Å². The van der Waals surface area contributed by atoms with Crippen LogP contribution in [0.2, 0.25) is 0 Å². The normalized spacial score (nSPS) is 18.5. The van der Waals surface area contributed by atoms with Crippen LogP contribution in [-0.2, 0) is 15.4 Å². The summed E-state index contributed by atoms with van der Waals surface area (Å²) in [5.41, 5.74) is 6.44. The molecule has 1 aliphatic heterocycles. The number of rotatable bonds is 2. The minimum Gasteiger partial charge on any atom is -0.467 e. The largest absolute Gasteiger partial charge is 0.467 e. The molecule has 0 amide bonds.